The van der Waals surface area contributed by atoms with Crippen molar-refractivity contribution in [3.63, 3.8) is 0 Å². The summed E-state index contributed by atoms with van der Waals surface area (Å²) in [6, 6.07) is 5.74. The number of aliphatic carboxylic acids is 1. The summed E-state index contributed by atoms with van der Waals surface area (Å²) in [6.45, 7) is 1.76. The summed E-state index contributed by atoms with van der Waals surface area (Å²) >= 11 is 0. The molecule has 0 saturated heterocycles. The highest BCUT2D eigenvalue weighted by Crippen LogP contribution is 2.41. The normalized spacial score (nSPS) is 21.4. The van der Waals surface area contributed by atoms with Crippen molar-refractivity contribution in [1.82, 2.24) is 4.90 Å². The van der Waals surface area contributed by atoms with Gasteiger partial charge >= 0.3 is 5.97 Å². The molecule has 1 aliphatic carbocycles. The van der Waals surface area contributed by atoms with E-state index in [0.717, 1.165) is 0 Å². The lowest BCUT2D eigenvalue weighted by Gasteiger charge is -2.25. The van der Waals surface area contributed by atoms with Gasteiger partial charge in [-0.05, 0) is 18.9 Å². The first kappa shape index (κ1) is 15.0. The van der Waals surface area contributed by atoms with E-state index in [4.69, 9.17) is 5.11 Å². The molecule has 7 nitrogen and oxygen atoms in total. The molecule has 0 spiro atoms. The van der Waals surface area contributed by atoms with Crippen LogP contribution in [-0.4, -0.2) is 33.9 Å². The van der Waals surface area contributed by atoms with E-state index >= 15 is 0 Å². The summed E-state index contributed by atoms with van der Waals surface area (Å²) in [5.74, 6) is -2.27. The largest absolute Gasteiger partial charge is 0.481 e. The molecule has 1 fully saturated rings. The van der Waals surface area contributed by atoms with Crippen molar-refractivity contribution in [3.05, 3.63) is 39.9 Å². The third kappa shape index (κ3) is 3.01. The quantitative estimate of drug-likeness (QED) is 0.659. The highest BCUT2D eigenvalue weighted by molar-refractivity contribution is 5.89. The van der Waals surface area contributed by atoms with Gasteiger partial charge in [-0.1, -0.05) is 12.1 Å². The van der Waals surface area contributed by atoms with Crippen molar-refractivity contribution in [2.45, 2.75) is 19.4 Å². The number of carbonyl (C=O) groups excluding carboxylic acids is 1. The zero-order valence-corrected chi connectivity index (χ0v) is 11.7. The molecule has 0 aliphatic heterocycles. The van der Waals surface area contributed by atoms with Crippen LogP contribution < -0.4 is 0 Å². The SMILES string of the molecule is CC(c1cccc([N+](=O)[O-])c1)N(C)C(=O)C1CC1C(=O)O. The number of rotatable bonds is 5. The van der Waals surface area contributed by atoms with Crippen LogP contribution in [0.2, 0.25) is 0 Å². The van der Waals surface area contributed by atoms with Gasteiger partial charge in [0.05, 0.1) is 22.8 Å². The second-order valence-electron chi connectivity index (χ2n) is 5.26. The van der Waals surface area contributed by atoms with Gasteiger partial charge in [0, 0.05) is 19.2 Å². The number of carboxylic acids is 1. The molecule has 3 atom stereocenters. The molecule has 1 aromatic rings. The minimum atomic E-state index is -0.954. The van der Waals surface area contributed by atoms with E-state index in [1.54, 1.807) is 26.1 Å². The third-order valence-corrected chi connectivity index (χ3v) is 3.92. The van der Waals surface area contributed by atoms with Gasteiger partial charge < -0.3 is 10.0 Å². The molecule has 7 heteroatoms. The maximum absolute atomic E-state index is 12.2. The average molecular weight is 292 g/mol. The number of hydrogen-bond donors (Lipinski definition) is 1. The number of benzene rings is 1. The molecule has 1 saturated carbocycles. The van der Waals surface area contributed by atoms with Gasteiger partial charge in [0.25, 0.3) is 5.69 Å². The molecule has 3 unspecified atom stereocenters. The van der Waals surface area contributed by atoms with Crippen molar-refractivity contribution in [2.75, 3.05) is 7.05 Å². The van der Waals surface area contributed by atoms with Gasteiger partial charge in [-0.15, -0.1) is 0 Å². The molecule has 2 rings (SSSR count). The summed E-state index contributed by atoms with van der Waals surface area (Å²) in [5.41, 5.74) is 0.614. The van der Waals surface area contributed by atoms with Gasteiger partial charge in [0.15, 0.2) is 0 Å². The Morgan fingerprint density at radius 1 is 1.43 bits per heavy atom. The van der Waals surface area contributed by atoms with Crippen LogP contribution in [0.1, 0.15) is 24.9 Å². The van der Waals surface area contributed by atoms with E-state index in [2.05, 4.69) is 0 Å². The Kier molecular flexibility index (Phi) is 3.93. The molecular formula is C14H16N2O5. The van der Waals surface area contributed by atoms with Crippen LogP contribution >= 0.6 is 0 Å². The van der Waals surface area contributed by atoms with Crippen LogP contribution in [0, 0.1) is 22.0 Å². The van der Waals surface area contributed by atoms with Crippen molar-refractivity contribution >= 4 is 17.6 Å². The number of carboxylic acid groups (broad SMARTS) is 1. The first-order valence-corrected chi connectivity index (χ1v) is 6.56. The Balaban J connectivity index is 2.11. The lowest BCUT2D eigenvalue weighted by molar-refractivity contribution is -0.384. The van der Waals surface area contributed by atoms with E-state index in [0.29, 0.717) is 12.0 Å². The molecule has 112 valence electrons. The molecule has 0 radical (unpaired) electrons. The van der Waals surface area contributed by atoms with Crippen molar-refractivity contribution in [2.24, 2.45) is 11.8 Å². The Bertz CT molecular complexity index is 601. The number of carbonyl (C=O) groups is 2. The molecule has 1 aromatic carbocycles. The van der Waals surface area contributed by atoms with Crippen LogP contribution in [0.3, 0.4) is 0 Å². The standard InChI is InChI=1S/C14H16N2O5/c1-8(9-4-3-5-10(6-9)16(20)21)15(2)13(17)11-7-12(11)14(18)19/h3-6,8,11-12H,7H2,1-2H3,(H,18,19). The first-order chi connectivity index (χ1) is 9.82. The number of amides is 1. The topological polar surface area (TPSA) is 101 Å². The zero-order chi connectivity index (χ0) is 15.7. The summed E-state index contributed by atoms with van der Waals surface area (Å²) in [5, 5.41) is 19.6. The molecule has 1 aliphatic rings. The Hall–Kier alpha value is -2.44. The summed E-state index contributed by atoms with van der Waals surface area (Å²) in [6.07, 6.45) is 0.361. The maximum atomic E-state index is 12.2. The number of nitro groups is 1. The predicted octanol–water partition coefficient (Wildman–Crippen LogP) is 1.83. The van der Waals surface area contributed by atoms with Gasteiger partial charge in [0.1, 0.15) is 0 Å². The van der Waals surface area contributed by atoms with Crippen molar-refractivity contribution in [1.29, 1.82) is 0 Å². The molecule has 0 aromatic heterocycles. The van der Waals surface area contributed by atoms with E-state index in [9.17, 15) is 19.7 Å². The Labute approximate surface area is 121 Å². The van der Waals surface area contributed by atoms with E-state index < -0.39 is 22.7 Å². The Morgan fingerprint density at radius 2 is 2.10 bits per heavy atom. The van der Waals surface area contributed by atoms with Gasteiger partial charge in [-0.3, -0.25) is 19.7 Å². The maximum Gasteiger partial charge on any atom is 0.307 e. The van der Waals surface area contributed by atoms with E-state index in [1.807, 2.05) is 0 Å². The van der Waals surface area contributed by atoms with E-state index in [-0.39, 0.29) is 17.6 Å². The minimum absolute atomic E-state index is 0.0324. The molecule has 0 heterocycles. The highest BCUT2D eigenvalue weighted by Gasteiger charge is 2.49. The highest BCUT2D eigenvalue weighted by atomic mass is 16.6. The Morgan fingerprint density at radius 3 is 2.62 bits per heavy atom. The summed E-state index contributed by atoms with van der Waals surface area (Å²) in [4.78, 5) is 34.7. The van der Waals surface area contributed by atoms with Crippen LogP contribution in [0.15, 0.2) is 24.3 Å². The predicted molar refractivity (Wildman–Crippen MR) is 73.5 cm³/mol. The molecule has 1 amide bonds. The van der Waals surface area contributed by atoms with Crippen LogP contribution in [0.4, 0.5) is 5.69 Å². The zero-order valence-electron chi connectivity index (χ0n) is 11.7. The molecule has 21 heavy (non-hydrogen) atoms. The van der Waals surface area contributed by atoms with Crippen LogP contribution in [0.25, 0.3) is 0 Å². The fourth-order valence-electron chi connectivity index (χ4n) is 2.32. The van der Waals surface area contributed by atoms with Crippen LogP contribution in [-0.2, 0) is 9.59 Å². The number of non-ortho nitro benzene ring substituents is 1. The fraction of sp³-hybridized carbons (Fsp3) is 0.429. The summed E-state index contributed by atoms with van der Waals surface area (Å²) < 4.78 is 0. The van der Waals surface area contributed by atoms with Gasteiger partial charge in [0.2, 0.25) is 5.91 Å². The van der Waals surface area contributed by atoms with Gasteiger partial charge in [-0.2, -0.15) is 0 Å². The monoisotopic (exact) mass is 292 g/mol. The number of nitrogens with zero attached hydrogens (tertiary/aromatic N) is 2. The minimum Gasteiger partial charge on any atom is -0.481 e. The lowest BCUT2D eigenvalue weighted by Crippen LogP contribution is -2.31. The number of nitro benzene ring substituents is 1. The lowest BCUT2D eigenvalue weighted by atomic mass is 10.1. The molecule has 0 bridgehead atoms. The smallest absolute Gasteiger partial charge is 0.307 e. The van der Waals surface area contributed by atoms with Crippen molar-refractivity contribution in [3.8, 4) is 0 Å². The number of hydrogen-bond acceptors (Lipinski definition) is 4. The molecule has 1 N–H and O–H groups in total. The van der Waals surface area contributed by atoms with Crippen LogP contribution in [0.5, 0.6) is 0 Å². The van der Waals surface area contributed by atoms with Gasteiger partial charge in [-0.25, -0.2) is 0 Å². The van der Waals surface area contributed by atoms with Crippen molar-refractivity contribution < 1.29 is 19.6 Å². The first-order valence-electron chi connectivity index (χ1n) is 6.56. The fourth-order valence-corrected chi connectivity index (χ4v) is 2.32. The summed E-state index contributed by atoms with van der Waals surface area (Å²) in [7, 11) is 1.59. The van der Waals surface area contributed by atoms with E-state index in [1.165, 1.54) is 17.0 Å². The average Bonchev–Trinajstić information content (AvgIpc) is 3.25. The second-order valence-corrected chi connectivity index (χ2v) is 5.26. The third-order valence-electron chi connectivity index (χ3n) is 3.92. The molecular weight excluding hydrogens is 276 g/mol. The second kappa shape index (κ2) is 5.51.